The smallest absolute Gasteiger partial charge is 0.179 e. The van der Waals surface area contributed by atoms with E-state index in [1.807, 2.05) is 30.3 Å². The van der Waals surface area contributed by atoms with Crippen LogP contribution in [0.4, 0.5) is 0 Å². The van der Waals surface area contributed by atoms with Crippen LogP contribution in [0.5, 0.6) is 0 Å². The summed E-state index contributed by atoms with van der Waals surface area (Å²) >= 11 is 0. The number of nitrogens with two attached hydrogens (primary N) is 4. The van der Waals surface area contributed by atoms with Gasteiger partial charge in [-0.1, -0.05) is 30.3 Å². The Bertz CT molecular complexity index is 342. The fourth-order valence-corrected chi connectivity index (χ4v) is 1.73. The van der Waals surface area contributed by atoms with Crippen molar-refractivity contribution in [2.75, 3.05) is 13.1 Å². The lowest BCUT2D eigenvalue weighted by molar-refractivity contribution is -0.0315. The van der Waals surface area contributed by atoms with Crippen LogP contribution in [0.1, 0.15) is 5.56 Å². The Kier molecular flexibility index (Phi) is 4.77. The van der Waals surface area contributed by atoms with Crippen LogP contribution in [0.3, 0.4) is 0 Å². The summed E-state index contributed by atoms with van der Waals surface area (Å²) in [6.07, 6.45) is 0. The lowest BCUT2D eigenvalue weighted by Gasteiger charge is -2.32. The molecule has 18 heavy (non-hydrogen) atoms. The molecule has 0 fully saturated rings. The summed E-state index contributed by atoms with van der Waals surface area (Å²) in [7, 11) is 0. The van der Waals surface area contributed by atoms with E-state index >= 15 is 0 Å². The van der Waals surface area contributed by atoms with Gasteiger partial charge >= 0.3 is 0 Å². The van der Waals surface area contributed by atoms with E-state index in [2.05, 4.69) is 0 Å². The average molecular weight is 255 g/mol. The highest BCUT2D eigenvalue weighted by Gasteiger charge is 2.25. The first-order valence-corrected chi connectivity index (χ1v) is 5.52. The Labute approximate surface area is 106 Å². The van der Waals surface area contributed by atoms with Gasteiger partial charge in [0.25, 0.3) is 0 Å². The second-order valence-electron chi connectivity index (χ2n) is 4.61. The molecule has 0 unspecified atom stereocenters. The number of benzene rings is 1. The molecular formula is C11H21N5O2. The van der Waals surface area contributed by atoms with Crippen LogP contribution in [-0.4, -0.2) is 39.9 Å². The molecular weight excluding hydrogens is 234 g/mol. The fraction of sp³-hybridized carbons (Fsp3) is 0.455. The minimum Gasteiger partial charge on any atom is -0.362 e. The van der Waals surface area contributed by atoms with E-state index in [-0.39, 0.29) is 13.1 Å². The van der Waals surface area contributed by atoms with Crippen LogP contribution in [0.2, 0.25) is 0 Å². The van der Waals surface area contributed by atoms with Gasteiger partial charge in [-0.25, -0.2) is 0 Å². The van der Waals surface area contributed by atoms with Crippen molar-refractivity contribution in [3.63, 3.8) is 0 Å². The van der Waals surface area contributed by atoms with Crippen molar-refractivity contribution in [2.24, 2.45) is 22.9 Å². The van der Waals surface area contributed by atoms with Crippen molar-refractivity contribution in [1.82, 2.24) is 4.90 Å². The van der Waals surface area contributed by atoms with Crippen molar-refractivity contribution >= 4 is 0 Å². The van der Waals surface area contributed by atoms with Crippen LogP contribution in [0.15, 0.2) is 30.3 Å². The summed E-state index contributed by atoms with van der Waals surface area (Å²) in [4.78, 5) is 1.58. The van der Waals surface area contributed by atoms with E-state index in [4.69, 9.17) is 22.9 Å². The monoisotopic (exact) mass is 255 g/mol. The molecule has 1 aromatic rings. The number of nitrogens with zero attached hydrogens (tertiary/aromatic N) is 1. The molecule has 0 aliphatic rings. The molecule has 0 aromatic heterocycles. The number of hydrogen-bond donors (Lipinski definition) is 6. The zero-order valence-corrected chi connectivity index (χ0v) is 10.2. The van der Waals surface area contributed by atoms with Crippen molar-refractivity contribution in [3.05, 3.63) is 35.9 Å². The van der Waals surface area contributed by atoms with E-state index in [0.717, 1.165) is 5.56 Å². The van der Waals surface area contributed by atoms with Crippen LogP contribution < -0.4 is 22.9 Å². The van der Waals surface area contributed by atoms with Crippen LogP contribution in [-0.2, 0) is 6.54 Å². The minimum atomic E-state index is -1.87. The summed E-state index contributed by atoms with van der Waals surface area (Å²) in [6.45, 7) is 0.269. The molecule has 0 heterocycles. The highest BCUT2D eigenvalue weighted by molar-refractivity contribution is 5.14. The Balaban J connectivity index is 2.72. The van der Waals surface area contributed by atoms with Gasteiger partial charge in [0.15, 0.2) is 11.7 Å². The first-order valence-electron chi connectivity index (χ1n) is 5.52. The standard InChI is InChI=1S/C11H21N5O2/c12-10(13,17)7-16(8-11(14,15)18)6-9-4-2-1-3-5-9/h1-5,17-18H,6-8,12-15H2. The number of aliphatic hydroxyl groups is 2. The van der Waals surface area contributed by atoms with E-state index in [1.54, 1.807) is 4.90 Å². The maximum Gasteiger partial charge on any atom is 0.179 e. The second-order valence-corrected chi connectivity index (χ2v) is 4.61. The predicted octanol–water partition coefficient (Wildman–Crippen LogP) is -2.38. The Morgan fingerprint density at radius 1 is 0.889 bits per heavy atom. The van der Waals surface area contributed by atoms with Crippen LogP contribution in [0, 0.1) is 0 Å². The Morgan fingerprint density at radius 2 is 1.33 bits per heavy atom. The van der Waals surface area contributed by atoms with Gasteiger partial charge in [0.05, 0.1) is 13.1 Å². The van der Waals surface area contributed by atoms with Gasteiger partial charge in [0.2, 0.25) is 0 Å². The molecule has 0 saturated carbocycles. The highest BCUT2D eigenvalue weighted by atomic mass is 16.3. The third-order valence-electron chi connectivity index (χ3n) is 2.20. The Hall–Kier alpha value is -1.06. The summed E-state index contributed by atoms with van der Waals surface area (Å²) in [5.74, 6) is -3.75. The zero-order chi connectivity index (χ0) is 13.8. The zero-order valence-electron chi connectivity index (χ0n) is 10.2. The summed E-state index contributed by atoms with van der Waals surface area (Å²) in [6, 6.07) is 9.43. The van der Waals surface area contributed by atoms with Gasteiger partial charge in [0, 0.05) is 6.54 Å². The van der Waals surface area contributed by atoms with E-state index in [1.165, 1.54) is 0 Å². The maximum absolute atomic E-state index is 9.41. The van der Waals surface area contributed by atoms with Crippen LogP contribution >= 0.6 is 0 Å². The first kappa shape index (κ1) is 15.0. The molecule has 0 bridgehead atoms. The highest BCUT2D eigenvalue weighted by Crippen LogP contribution is 2.07. The molecule has 0 aliphatic heterocycles. The summed E-state index contributed by atoms with van der Waals surface area (Å²) < 4.78 is 0. The molecule has 1 rings (SSSR count). The second kappa shape index (κ2) is 5.72. The van der Waals surface area contributed by atoms with Crippen molar-refractivity contribution in [1.29, 1.82) is 0 Å². The number of hydrogen-bond acceptors (Lipinski definition) is 7. The van der Waals surface area contributed by atoms with Gasteiger partial charge in [0.1, 0.15) is 0 Å². The third-order valence-corrected chi connectivity index (χ3v) is 2.20. The van der Waals surface area contributed by atoms with E-state index < -0.39 is 11.7 Å². The molecule has 0 aliphatic carbocycles. The van der Waals surface area contributed by atoms with Crippen LogP contribution in [0.25, 0.3) is 0 Å². The lowest BCUT2D eigenvalue weighted by Crippen LogP contribution is -2.62. The van der Waals surface area contributed by atoms with Gasteiger partial charge in [-0.2, -0.15) is 0 Å². The van der Waals surface area contributed by atoms with Crippen molar-refractivity contribution in [2.45, 2.75) is 18.2 Å². The SMILES string of the molecule is NC(N)(O)CN(Cc1ccccc1)CC(N)(N)O. The summed E-state index contributed by atoms with van der Waals surface area (Å²) in [5, 5.41) is 18.8. The van der Waals surface area contributed by atoms with E-state index in [9.17, 15) is 10.2 Å². The van der Waals surface area contributed by atoms with Gasteiger partial charge < -0.3 is 10.2 Å². The first-order chi connectivity index (χ1) is 8.16. The Morgan fingerprint density at radius 3 is 1.72 bits per heavy atom. The summed E-state index contributed by atoms with van der Waals surface area (Å²) in [5.41, 5.74) is 22.3. The van der Waals surface area contributed by atoms with Gasteiger partial charge in [-0.15, -0.1) is 0 Å². The molecule has 0 atom stereocenters. The maximum atomic E-state index is 9.41. The molecule has 0 saturated heterocycles. The third kappa shape index (κ3) is 6.62. The van der Waals surface area contributed by atoms with Crippen molar-refractivity contribution in [3.8, 4) is 0 Å². The van der Waals surface area contributed by atoms with Gasteiger partial charge in [-0.3, -0.25) is 27.8 Å². The molecule has 102 valence electrons. The average Bonchev–Trinajstić information content (AvgIpc) is 2.13. The lowest BCUT2D eigenvalue weighted by atomic mass is 10.2. The molecule has 0 radical (unpaired) electrons. The van der Waals surface area contributed by atoms with Gasteiger partial charge in [-0.05, 0) is 5.56 Å². The molecule has 10 N–H and O–H groups in total. The normalized spacial score (nSPS) is 13.1. The van der Waals surface area contributed by atoms with E-state index in [0.29, 0.717) is 6.54 Å². The fourth-order valence-electron chi connectivity index (χ4n) is 1.73. The molecule has 0 spiro atoms. The predicted molar refractivity (Wildman–Crippen MR) is 68.4 cm³/mol. The molecule has 1 aromatic carbocycles. The topological polar surface area (TPSA) is 148 Å². The minimum absolute atomic E-state index is 0.0708. The van der Waals surface area contributed by atoms with Crippen molar-refractivity contribution < 1.29 is 10.2 Å². The molecule has 7 nitrogen and oxygen atoms in total. The quantitative estimate of drug-likeness (QED) is 0.311. The molecule has 7 heteroatoms. The largest absolute Gasteiger partial charge is 0.362 e. The molecule has 0 amide bonds. The number of rotatable bonds is 6.